The summed E-state index contributed by atoms with van der Waals surface area (Å²) in [5.41, 5.74) is 0. The molecule has 0 aliphatic carbocycles. The van der Waals surface area contributed by atoms with Gasteiger partial charge in [-0.05, 0) is 12.8 Å². The van der Waals surface area contributed by atoms with Crippen LogP contribution in [0.2, 0.25) is 0 Å². The van der Waals surface area contributed by atoms with Gasteiger partial charge in [0, 0.05) is 45.4 Å². The van der Waals surface area contributed by atoms with Gasteiger partial charge in [0.25, 0.3) is 0 Å². The van der Waals surface area contributed by atoms with Crippen molar-refractivity contribution in [1.82, 2.24) is 9.80 Å². The highest BCUT2D eigenvalue weighted by molar-refractivity contribution is 4.80. The van der Waals surface area contributed by atoms with Crippen LogP contribution in [0.3, 0.4) is 0 Å². The maximum atomic E-state index is 8.95. The van der Waals surface area contributed by atoms with Crippen molar-refractivity contribution >= 4 is 0 Å². The minimum atomic E-state index is 0.257. The van der Waals surface area contributed by atoms with Gasteiger partial charge in [-0.15, -0.1) is 0 Å². The van der Waals surface area contributed by atoms with Gasteiger partial charge in [-0.25, -0.2) is 0 Å². The molecular formula is C11H24N2O2. The summed E-state index contributed by atoms with van der Waals surface area (Å²) in [6, 6.07) is 0.574. The Kier molecular flexibility index (Phi) is 6.17. The number of β-amino-alcohol motifs (C(OH)–C–C–N with tert-alkyl or cyclic N) is 1. The summed E-state index contributed by atoms with van der Waals surface area (Å²) in [6.45, 7) is 7.73. The summed E-state index contributed by atoms with van der Waals surface area (Å²) in [6.07, 6.45) is 2.01. The monoisotopic (exact) mass is 216 g/mol. The fourth-order valence-corrected chi connectivity index (χ4v) is 2.26. The third kappa shape index (κ3) is 4.07. The first-order valence-electron chi connectivity index (χ1n) is 6.00. The molecule has 0 saturated carbocycles. The van der Waals surface area contributed by atoms with Gasteiger partial charge in [-0.2, -0.15) is 0 Å². The van der Waals surface area contributed by atoms with Crippen molar-refractivity contribution in [3.8, 4) is 0 Å². The van der Waals surface area contributed by atoms with E-state index in [4.69, 9.17) is 10.2 Å². The summed E-state index contributed by atoms with van der Waals surface area (Å²) in [7, 11) is 0. The molecule has 1 saturated heterocycles. The molecular weight excluding hydrogens is 192 g/mol. The largest absolute Gasteiger partial charge is 0.396 e. The summed E-state index contributed by atoms with van der Waals surface area (Å²) in [5.74, 6) is 0. The second-order valence-corrected chi connectivity index (χ2v) is 4.20. The number of nitrogens with zero attached hydrogens (tertiary/aromatic N) is 2. The van der Waals surface area contributed by atoms with Crippen LogP contribution >= 0.6 is 0 Å². The van der Waals surface area contributed by atoms with Gasteiger partial charge in [0.1, 0.15) is 0 Å². The van der Waals surface area contributed by atoms with Gasteiger partial charge in [-0.3, -0.25) is 4.90 Å². The van der Waals surface area contributed by atoms with E-state index in [-0.39, 0.29) is 13.2 Å². The molecule has 0 aromatic rings. The van der Waals surface area contributed by atoms with Crippen LogP contribution in [0.15, 0.2) is 0 Å². The van der Waals surface area contributed by atoms with E-state index >= 15 is 0 Å². The third-order valence-corrected chi connectivity index (χ3v) is 3.18. The average Bonchev–Trinajstić information content (AvgIpc) is 2.28. The average molecular weight is 216 g/mol. The van der Waals surface area contributed by atoms with E-state index < -0.39 is 0 Å². The zero-order valence-corrected chi connectivity index (χ0v) is 9.73. The number of rotatable bonds is 6. The molecule has 90 valence electrons. The number of piperazine rings is 1. The molecule has 0 aromatic carbocycles. The molecule has 0 aromatic heterocycles. The molecule has 4 heteroatoms. The first-order valence-corrected chi connectivity index (χ1v) is 6.00. The molecule has 1 atom stereocenters. The quantitative estimate of drug-likeness (QED) is 0.643. The second kappa shape index (κ2) is 7.17. The molecule has 0 bridgehead atoms. The molecule has 1 aliphatic heterocycles. The lowest BCUT2D eigenvalue weighted by Crippen LogP contribution is -2.53. The molecule has 4 nitrogen and oxygen atoms in total. The zero-order chi connectivity index (χ0) is 11.1. The van der Waals surface area contributed by atoms with Crippen LogP contribution in [-0.2, 0) is 0 Å². The topological polar surface area (TPSA) is 46.9 Å². The Morgan fingerprint density at radius 2 is 1.93 bits per heavy atom. The Bertz CT molecular complexity index is 167. The minimum Gasteiger partial charge on any atom is -0.396 e. The molecule has 1 aliphatic rings. The van der Waals surface area contributed by atoms with E-state index in [2.05, 4.69) is 16.7 Å². The summed E-state index contributed by atoms with van der Waals surface area (Å²) >= 11 is 0. The van der Waals surface area contributed by atoms with Crippen LogP contribution in [0.25, 0.3) is 0 Å². The van der Waals surface area contributed by atoms with Crippen LogP contribution < -0.4 is 0 Å². The van der Waals surface area contributed by atoms with Gasteiger partial charge in [-0.1, -0.05) is 6.92 Å². The van der Waals surface area contributed by atoms with E-state index in [9.17, 15) is 0 Å². The molecule has 1 unspecified atom stereocenters. The molecule has 0 radical (unpaired) electrons. The zero-order valence-electron chi connectivity index (χ0n) is 9.73. The summed E-state index contributed by atoms with van der Waals surface area (Å²) < 4.78 is 0. The highest BCUT2D eigenvalue weighted by atomic mass is 16.3. The minimum absolute atomic E-state index is 0.257. The van der Waals surface area contributed by atoms with Crippen LogP contribution in [-0.4, -0.2) is 72.0 Å². The predicted octanol–water partition coefficient (Wildman–Crippen LogP) is -0.243. The molecule has 1 heterocycles. The van der Waals surface area contributed by atoms with Crippen LogP contribution in [0.5, 0.6) is 0 Å². The standard InChI is InChI=1S/C11H24N2O2/c1-2-11-10-12(4-3-8-14)5-6-13(11)7-9-15/h11,14-15H,2-10H2,1H3. The molecule has 1 fully saturated rings. The van der Waals surface area contributed by atoms with E-state index in [1.807, 2.05) is 0 Å². The smallest absolute Gasteiger partial charge is 0.0558 e. The molecule has 1 rings (SSSR count). The second-order valence-electron chi connectivity index (χ2n) is 4.20. The molecule has 0 spiro atoms. The van der Waals surface area contributed by atoms with Gasteiger partial charge < -0.3 is 15.1 Å². The van der Waals surface area contributed by atoms with E-state index in [0.717, 1.165) is 45.6 Å². The van der Waals surface area contributed by atoms with Crippen molar-refractivity contribution in [2.24, 2.45) is 0 Å². The number of hydrogen-bond acceptors (Lipinski definition) is 4. The Morgan fingerprint density at radius 3 is 2.53 bits per heavy atom. The van der Waals surface area contributed by atoms with Gasteiger partial charge in [0.05, 0.1) is 6.61 Å². The predicted molar refractivity (Wildman–Crippen MR) is 60.9 cm³/mol. The molecule has 2 N–H and O–H groups in total. The van der Waals surface area contributed by atoms with Crippen molar-refractivity contribution < 1.29 is 10.2 Å². The van der Waals surface area contributed by atoms with Crippen molar-refractivity contribution in [3.63, 3.8) is 0 Å². The summed E-state index contributed by atoms with van der Waals surface area (Å²) in [5, 5.41) is 17.7. The normalized spacial score (nSPS) is 24.6. The number of aliphatic hydroxyl groups is 2. The van der Waals surface area contributed by atoms with Gasteiger partial charge >= 0.3 is 0 Å². The van der Waals surface area contributed by atoms with E-state index in [1.165, 1.54) is 0 Å². The maximum absolute atomic E-state index is 8.95. The summed E-state index contributed by atoms with van der Waals surface area (Å²) in [4.78, 5) is 4.79. The highest BCUT2D eigenvalue weighted by Crippen LogP contribution is 2.12. The Hall–Kier alpha value is -0.160. The van der Waals surface area contributed by atoms with Crippen molar-refractivity contribution in [2.75, 3.05) is 45.9 Å². The van der Waals surface area contributed by atoms with Gasteiger partial charge in [0.2, 0.25) is 0 Å². The highest BCUT2D eigenvalue weighted by Gasteiger charge is 2.24. The number of hydrogen-bond donors (Lipinski definition) is 2. The van der Waals surface area contributed by atoms with Crippen LogP contribution in [0.4, 0.5) is 0 Å². The van der Waals surface area contributed by atoms with Crippen molar-refractivity contribution in [1.29, 1.82) is 0 Å². The first kappa shape index (κ1) is 12.9. The Balaban J connectivity index is 2.33. The lowest BCUT2D eigenvalue weighted by atomic mass is 10.1. The first-order chi connectivity index (χ1) is 7.31. The molecule has 0 amide bonds. The van der Waals surface area contributed by atoms with E-state index in [0.29, 0.717) is 6.04 Å². The maximum Gasteiger partial charge on any atom is 0.0558 e. The van der Waals surface area contributed by atoms with Crippen LogP contribution in [0, 0.1) is 0 Å². The lowest BCUT2D eigenvalue weighted by Gasteiger charge is -2.41. The van der Waals surface area contributed by atoms with Crippen LogP contribution in [0.1, 0.15) is 19.8 Å². The number of aliphatic hydroxyl groups excluding tert-OH is 2. The Morgan fingerprint density at radius 1 is 1.13 bits per heavy atom. The molecule has 15 heavy (non-hydrogen) atoms. The lowest BCUT2D eigenvalue weighted by molar-refractivity contribution is 0.0553. The van der Waals surface area contributed by atoms with E-state index in [1.54, 1.807) is 0 Å². The SMILES string of the molecule is CCC1CN(CCCO)CCN1CCO. The fraction of sp³-hybridized carbons (Fsp3) is 1.00. The fourth-order valence-electron chi connectivity index (χ4n) is 2.26. The van der Waals surface area contributed by atoms with Crippen molar-refractivity contribution in [2.45, 2.75) is 25.8 Å². The third-order valence-electron chi connectivity index (χ3n) is 3.18. The van der Waals surface area contributed by atoms with Crippen molar-refractivity contribution in [3.05, 3.63) is 0 Å². The Labute approximate surface area is 92.5 Å². The van der Waals surface area contributed by atoms with Gasteiger partial charge in [0.15, 0.2) is 0 Å².